The van der Waals surface area contributed by atoms with Crippen molar-refractivity contribution in [2.24, 2.45) is 18.9 Å². The summed E-state index contributed by atoms with van der Waals surface area (Å²) in [4.78, 5) is 13.9. The average Bonchev–Trinajstić information content (AvgIpc) is 3.14. The fraction of sp³-hybridized carbons (Fsp3) is 0.588. The summed E-state index contributed by atoms with van der Waals surface area (Å²) in [5.74, 6) is 2.40. The second kappa shape index (κ2) is 5.92. The molecule has 0 N–H and O–H groups in total. The lowest BCUT2D eigenvalue weighted by atomic mass is 9.88. The summed E-state index contributed by atoms with van der Waals surface area (Å²) >= 11 is 0. The zero-order valence-electron chi connectivity index (χ0n) is 13.9. The van der Waals surface area contributed by atoms with E-state index in [1.54, 1.807) is 0 Å². The molecule has 2 fully saturated rings. The van der Waals surface area contributed by atoms with Crippen LogP contribution in [-0.2, 0) is 13.6 Å². The van der Waals surface area contributed by atoms with Crippen molar-refractivity contribution < 1.29 is 0 Å². The van der Waals surface area contributed by atoms with Gasteiger partial charge in [-0.2, -0.15) is 5.10 Å². The summed E-state index contributed by atoms with van der Waals surface area (Å²) in [6.07, 6.45) is 9.20. The number of aromatic nitrogens is 4. The van der Waals surface area contributed by atoms with Gasteiger partial charge in [-0.3, -0.25) is 9.58 Å². The number of piperidine rings is 1. The van der Waals surface area contributed by atoms with Crippen LogP contribution in [0.3, 0.4) is 0 Å². The van der Waals surface area contributed by atoms with E-state index in [0.717, 1.165) is 43.0 Å². The third-order valence-electron chi connectivity index (χ3n) is 5.10. The van der Waals surface area contributed by atoms with Gasteiger partial charge in [0, 0.05) is 57.4 Å². The van der Waals surface area contributed by atoms with Crippen molar-refractivity contribution in [3.05, 3.63) is 35.9 Å². The van der Waals surface area contributed by atoms with Gasteiger partial charge < -0.3 is 4.90 Å². The molecule has 0 spiro atoms. The first-order valence-corrected chi connectivity index (χ1v) is 8.41. The van der Waals surface area contributed by atoms with Gasteiger partial charge in [-0.15, -0.1) is 0 Å². The van der Waals surface area contributed by atoms with Crippen LogP contribution in [0.25, 0.3) is 0 Å². The Kier molecular flexibility index (Phi) is 3.77. The largest absolute Gasteiger partial charge is 0.340 e. The van der Waals surface area contributed by atoms with Crippen LogP contribution in [0.5, 0.6) is 0 Å². The summed E-state index contributed by atoms with van der Waals surface area (Å²) in [6.45, 7) is 7.58. The van der Waals surface area contributed by atoms with E-state index in [2.05, 4.69) is 31.1 Å². The standard InChI is InChI=1S/C17H24N6/c1-13-5-18-17(19-6-13)23-11-15-3-4-22(10-16(15)12-23)9-14-7-20-21(2)8-14/h5-8,15-16H,3-4,9-12H2,1-2H3/t15-,16+/m1/s1. The zero-order chi connectivity index (χ0) is 15.8. The van der Waals surface area contributed by atoms with E-state index >= 15 is 0 Å². The molecule has 6 nitrogen and oxygen atoms in total. The SMILES string of the molecule is Cc1cnc(N2C[C@H]3CCN(Cc4cnn(C)c4)C[C@H]3C2)nc1. The first-order chi connectivity index (χ1) is 11.2. The minimum absolute atomic E-state index is 0.727. The van der Waals surface area contributed by atoms with Crippen molar-refractivity contribution in [1.82, 2.24) is 24.6 Å². The predicted molar refractivity (Wildman–Crippen MR) is 89.1 cm³/mol. The normalized spacial score (nSPS) is 24.9. The number of hydrogen-bond acceptors (Lipinski definition) is 5. The van der Waals surface area contributed by atoms with Crippen LogP contribution >= 0.6 is 0 Å². The third kappa shape index (κ3) is 3.08. The van der Waals surface area contributed by atoms with Crippen molar-refractivity contribution in [2.45, 2.75) is 19.9 Å². The van der Waals surface area contributed by atoms with E-state index in [9.17, 15) is 0 Å². The Labute approximate surface area is 137 Å². The quantitative estimate of drug-likeness (QED) is 0.859. The van der Waals surface area contributed by atoms with Crippen LogP contribution in [0.15, 0.2) is 24.8 Å². The number of likely N-dealkylation sites (tertiary alicyclic amines) is 1. The lowest BCUT2D eigenvalue weighted by molar-refractivity contribution is 0.142. The molecule has 2 aromatic heterocycles. The molecule has 2 atom stereocenters. The predicted octanol–water partition coefficient (Wildman–Crippen LogP) is 1.48. The number of fused-ring (bicyclic) bond motifs is 1. The number of hydrogen-bond donors (Lipinski definition) is 0. The second-order valence-corrected chi connectivity index (χ2v) is 7.03. The van der Waals surface area contributed by atoms with Gasteiger partial charge in [0.05, 0.1) is 6.20 Å². The molecule has 4 heterocycles. The van der Waals surface area contributed by atoms with Gasteiger partial charge in [0.25, 0.3) is 0 Å². The third-order valence-corrected chi connectivity index (χ3v) is 5.10. The highest BCUT2D eigenvalue weighted by Crippen LogP contribution is 2.33. The molecule has 0 aromatic carbocycles. The molecule has 0 bridgehead atoms. The van der Waals surface area contributed by atoms with Crippen molar-refractivity contribution in [1.29, 1.82) is 0 Å². The molecule has 23 heavy (non-hydrogen) atoms. The first kappa shape index (κ1) is 14.6. The fourth-order valence-electron chi connectivity index (χ4n) is 3.91. The van der Waals surface area contributed by atoms with Gasteiger partial charge in [-0.25, -0.2) is 9.97 Å². The molecule has 2 aliphatic heterocycles. The van der Waals surface area contributed by atoms with Gasteiger partial charge in [0.15, 0.2) is 0 Å². The van der Waals surface area contributed by atoms with Crippen LogP contribution in [-0.4, -0.2) is 50.8 Å². The smallest absolute Gasteiger partial charge is 0.225 e. The lowest BCUT2D eigenvalue weighted by Crippen LogP contribution is -2.39. The van der Waals surface area contributed by atoms with Gasteiger partial charge in [-0.1, -0.05) is 0 Å². The summed E-state index contributed by atoms with van der Waals surface area (Å²) < 4.78 is 1.88. The van der Waals surface area contributed by atoms with E-state index < -0.39 is 0 Å². The Morgan fingerprint density at radius 3 is 2.61 bits per heavy atom. The number of aryl methyl sites for hydroxylation is 2. The van der Waals surface area contributed by atoms with Crippen LogP contribution in [0.4, 0.5) is 5.95 Å². The maximum absolute atomic E-state index is 4.50. The number of anilines is 1. The molecular formula is C17H24N6. The maximum atomic E-state index is 4.50. The Morgan fingerprint density at radius 2 is 1.87 bits per heavy atom. The van der Waals surface area contributed by atoms with E-state index in [-0.39, 0.29) is 0 Å². The molecule has 0 amide bonds. The highest BCUT2D eigenvalue weighted by Gasteiger charge is 2.37. The van der Waals surface area contributed by atoms with E-state index in [1.165, 1.54) is 25.1 Å². The molecule has 0 aliphatic carbocycles. The van der Waals surface area contributed by atoms with Crippen molar-refractivity contribution in [3.8, 4) is 0 Å². The number of rotatable bonds is 3. The molecule has 4 rings (SSSR count). The Balaban J connectivity index is 1.39. The van der Waals surface area contributed by atoms with E-state index in [4.69, 9.17) is 0 Å². The molecule has 0 saturated carbocycles. The first-order valence-electron chi connectivity index (χ1n) is 8.41. The van der Waals surface area contributed by atoms with E-state index in [1.807, 2.05) is 37.2 Å². The average molecular weight is 312 g/mol. The topological polar surface area (TPSA) is 50.1 Å². The Hall–Kier alpha value is -1.95. The number of nitrogens with zero attached hydrogens (tertiary/aromatic N) is 6. The summed E-state index contributed by atoms with van der Waals surface area (Å²) in [6, 6.07) is 0. The molecule has 2 aromatic rings. The van der Waals surface area contributed by atoms with Gasteiger partial charge in [0.1, 0.15) is 0 Å². The Morgan fingerprint density at radius 1 is 1.09 bits per heavy atom. The molecular weight excluding hydrogens is 288 g/mol. The highest BCUT2D eigenvalue weighted by atomic mass is 15.3. The van der Waals surface area contributed by atoms with Crippen LogP contribution in [0.2, 0.25) is 0 Å². The van der Waals surface area contributed by atoms with Crippen molar-refractivity contribution >= 4 is 5.95 Å². The molecule has 2 aliphatic rings. The van der Waals surface area contributed by atoms with Crippen LogP contribution < -0.4 is 4.90 Å². The molecule has 0 radical (unpaired) electrons. The lowest BCUT2D eigenvalue weighted by Gasteiger charge is -2.33. The molecule has 122 valence electrons. The van der Waals surface area contributed by atoms with Crippen molar-refractivity contribution in [2.75, 3.05) is 31.1 Å². The Bertz CT molecular complexity index is 664. The minimum Gasteiger partial charge on any atom is -0.340 e. The zero-order valence-corrected chi connectivity index (χ0v) is 13.9. The highest BCUT2D eigenvalue weighted by molar-refractivity contribution is 5.32. The summed E-state index contributed by atoms with van der Waals surface area (Å²) in [7, 11) is 1.98. The monoisotopic (exact) mass is 312 g/mol. The molecule has 2 saturated heterocycles. The second-order valence-electron chi connectivity index (χ2n) is 7.03. The van der Waals surface area contributed by atoms with Gasteiger partial charge in [-0.05, 0) is 37.3 Å². The van der Waals surface area contributed by atoms with Gasteiger partial charge in [0.2, 0.25) is 5.95 Å². The van der Waals surface area contributed by atoms with Crippen molar-refractivity contribution in [3.63, 3.8) is 0 Å². The van der Waals surface area contributed by atoms with Crippen LogP contribution in [0, 0.1) is 18.8 Å². The maximum Gasteiger partial charge on any atom is 0.225 e. The van der Waals surface area contributed by atoms with Crippen LogP contribution in [0.1, 0.15) is 17.5 Å². The van der Waals surface area contributed by atoms with Gasteiger partial charge >= 0.3 is 0 Å². The molecule has 0 unspecified atom stereocenters. The minimum atomic E-state index is 0.727. The molecule has 6 heteroatoms. The fourth-order valence-corrected chi connectivity index (χ4v) is 3.91. The summed E-state index contributed by atoms with van der Waals surface area (Å²) in [5.41, 5.74) is 2.43. The van der Waals surface area contributed by atoms with E-state index in [0.29, 0.717) is 0 Å². The summed E-state index contributed by atoms with van der Waals surface area (Å²) in [5, 5.41) is 4.27.